The molecule has 3 amide bonds. The maximum Gasteiger partial charge on any atom is 0.305 e. The maximum atomic E-state index is 13.3. The van der Waals surface area contributed by atoms with Crippen LogP contribution in [0.5, 0.6) is 0 Å². The molecule has 0 atom stereocenters. The van der Waals surface area contributed by atoms with E-state index >= 15 is 0 Å². The highest BCUT2D eigenvalue weighted by atomic mass is 19.1. The van der Waals surface area contributed by atoms with Crippen LogP contribution in [0.15, 0.2) is 155 Å². The smallest absolute Gasteiger partial charge is 0.305 e. The lowest BCUT2D eigenvalue weighted by molar-refractivity contribution is -0.137. The average Bonchev–Trinajstić information content (AvgIpc) is 4.34. The molecule has 2 aliphatic rings. The standard InChI is InChI=1S/C29H26N6O4.C25H19N5O4.C4H9NO.CH3F.CH4/c36-25(34-15-17-39-18-16-34)13-14-35-24-8-4-3-7-23(24)27(33-35)29(38)30-20-11-9-19(10-12-20)26-21-5-1-2-6-22(21)28(37)32-31-26;31-21(32)13-14-30-20-8-4-3-7-19(20)23(29-30)25(34)26-16-11-9-15(10-12-16)22-17-5-1-2-6-18(17)24(33)28-27-22;1-3-6-4-2-5-1;1-2;/h1-12H,13-18H2,(H,30,38)(H,32,37);1-12H,13-14H2,(H,26,34)(H,28,33)(H,31,32);5H,1-4H2;1H3;1H4/i;;;1D;. The monoisotopic (exact) mass is 1110 g/mol. The van der Waals surface area contributed by atoms with E-state index in [1.165, 1.54) is 4.68 Å². The van der Waals surface area contributed by atoms with Crippen molar-refractivity contribution in [3.8, 4) is 22.5 Å². The van der Waals surface area contributed by atoms with E-state index < -0.39 is 19.0 Å². The van der Waals surface area contributed by atoms with E-state index in [-0.39, 0.29) is 49.0 Å². The molecule has 0 bridgehead atoms. The average molecular weight is 1110 g/mol. The zero-order valence-electron chi connectivity index (χ0n) is 44.8. The number of morpholine rings is 2. The number of carbonyl (C=O) groups excluding carboxylic acids is 3. The lowest BCUT2D eigenvalue weighted by atomic mass is 10.0. The van der Waals surface area contributed by atoms with Crippen molar-refractivity contribution in [2.75, 3.05) is 70.4 Å². The zero-order chi connectivity index (χ0) is 57.4. The number of halogens is 1. The number of fused-ring (bicyclic) bond motifs is 4. The summed E-state index contributed by atoms with van der Waals surface area (Å²) in [5.74, 6) is -1.63. The van der Waals surface area contributed by atoms with Gasteiger partial charge in [0.05, 0.1) is 87.7 Å². The summed E-state index contributed by atoms with van der Waals surface area (Å²) < 4.78 is 29.1. The molecule has 82 heavy (non-hydrogen) atoms. The molecule has 21 nitrogen and oxygen atoms in total. The van der Waals surface area contributed by atoms with Crippen LogP contribution in [0.2, 0.25) is 0 Å². The van der Waals surface area contributed by atoms with E-state index in [9.17, 15) is 33.2 Å². The summed E-state index contributed by atoms with van der Waals surface area (Å²) in [6, 6.07) is 43.6. The minimum absolute atomic E-state index is 0. The highest BCUT2D eigenvalue weighted by Gasteiger charge is 2.22. The third kappa shape index (κ3) is 13.8. The maximum absolute atomic E-state index is 13.3. The molecule has 0 unspecified atom stereocenters. The van der Waals surface area contributed by atoms with Gasteiger partial charge in [-0.25, -0.2) is 10.2 Å². The van der Waals surface area contributed by atoms with Gasteiger partial charge in [0.25, 0.3) is 22.9 Å². The molecule has 2 saturated heterocycles. The van der Waals surface area contributed by atoms with Crippen molar-refractivity contribution in [1.82, 2.24) is 50.2 Å². The van der Waals surface area contributed by atoms with Gasteiger partial charge in [0, 0.05) is 76.6 Å². The van der Waals surface area contributed by atoms with E-state index in [1.807, 2.05) is 84.9 Å². The summed E-state index contributed by atoms with van der Waals surface area (Å²) in [6.07, 6.45) is 0.198. The first kappa shape index (κ1) is 56.9. The molecule has 12 rings (SSSR count). The number of aliphatic carboxylic acids is 1. The molecule has 0 radical (unpaired) electrons. The van der Waals surface area contributed by atoms with Gasteiger partial charge in [-0.05, 0) is 48.5 Å². The molecular formula is C60H61FN12O9. The van der Waals surface area contributed by atoms with Crippen LogP contribution in [0.25, 0.3) is 65.9 Å². The quantitative estimate of drug-likeness (QED) is 0.0678. The van der Waals surface area contributed by atoms with E-state index in [1.54, 1.807) is 70.2 Å². The molecule has 4 aromatic heterocycles. The predicted molar refractivity (Wildman–Crippen MR) is 313 cm³/mol. The molecular weight excluding hydrogens is 1050 g/mol. The number of carboxylic acids is 1. The van der Waals surface area contributed by atoms with Crippen molar-refractivity contribution in [2.24, 2.45) is 0 Å². The number of aryl methyl sites for hydroxylation is 2. The van der Waals surface area contributed by atoms with Crippen LogP contribution in [-0.2, 0) is 32.2 Å². The number of nitrogens with one attached hydrogen (secondary N) is 5. The molecule has 0 saturated carbocycles. The van der Waals surface area contributed by atoms with Crippen LogP contribution in [0.4, 0.5) is 15.8 Å². The van der Waals surface area contributed by atoms with Gasteiger partial charge < -0.3 is 35.4 Å². The second-order valence-corrected chi connectivity index (χ2v) is 18.4. The van der Waals surface area contributed by atoms with Gasteiger partial charge in [-0.1, -0.05) is 104 Å². The number of aromatic amines is 2. The van der Waals surface area contributed by atoms with Gasteiger partial charge in [-0.15, -0.1) is 0 Å². The molecule has 6 heterocycles. The van der Waals surface area contributed by atoms with Gasteiger partial charge in [-0.3, -0.25) is 42.5 Å². The largest absolute Gasteiger partial charge is 0.481 e. The lowest BCUT2D eigenvalue weighted by Gasteiger charge is -2.26. The number of carbonyl (C=O) groups is 4. The summed E-state index contributed by atoms with van der Waals surface area (Å²) in [5.41, 5.74) is 5.55. The Morgan fingerprint density at radius 2 is 0.963 bits per heavy atom. The number of carboxylic acid groups (broad SMARTS) is 1. The Labute approximate surface area is 470 Å². The Hall–Kier alpha value is -9.77. The molecule has 0 aliphatic carbocycles. The summed E-state index contributed by atoms with van der Waals surface area (Å²) >= 11 is 0. The number of aromatic nitrogens is 8. The Bertz CT molecular complexity index is 3980. The SMILES string of the molecule is C.C1COCCN1.O=C(Nc1ccc(-c2n[nH]c(=O)c3ccccc23)cc1)c1nn(CCC(=O)N2CCOCC2)c2ccccc12.O=C(O)CCn1nc(C(=O)Nc2ccc(-c3n[nH]c(=O)c4ccccc34)cc2)c2ccccc21.[2H]CF. The van der Waals surface area contributed by atoms with Gasteiger partial charge in [0.2, 0.25) is 5.91 Å². The number of ether oxygens (including phenoxy) is 2. The van der Waals surface area contributed by atoms with Crippen molar-refractivity contribution < 1.29 is 39.5 Å². The minimum Gasteiger partial charge on any atom is -0.481 e. The second-order valence-electron chi connectivity index (χ2n) is 18.4. The van der Waals surface area contributed by atoms with E-state index in [2.05, 4.69) is 46.5 Å². The second kappa shape index (κ2) is 27.9. The number of amides is 3. The summed E-state index contributed by atoms with van der Waals surface area (Å²) in [7, 11) is -1.00. The number of anilines is 2. The fraction of sp³-hybridized carbons (Fsp3) is 0.233. The van der Waals surface area contributed by atoms with E-state index in [4.69, 9.17) is 16.0 Å². The summed E-state index contributed by atoms with van der Waals surface area (Å²) in [4.78, 5) is 75.8. The van der Waals surface area contributed by atoms with Gasteiger partial charge in [0.15, 0.2) is 11.4 Å². The van der Waals surface area contributed by atoms with Crippen LogP contribution >= 0.6 is 0 Å². The van der Waals surface area contributed by atoms with Crippen LogP contribution < -0.4 is 27.1 Å². The Balaban J connectivity index is 0.000000188. The van der Waals surface area contributed by atoms with Crippen molar-refractivity contribution in [3.05, 3.63) is 178 Å². The first-order valence-electron chi connectivity index (χ1n) is 26.6. The molecule has 6 N–H and O–H groups in total. The molecule has 2 fully saturated rings. The number of hydrogen-bond acceptors (Lipinski definition) is 13. The molecule has 422 valence electrons. The number of alkyl halides is 1. The predicted octanol–water partition coefficient (Wildman–Crippen LogP) is 7.94. The Morgan fingerprint density at radius 1 is 0.573 bits per heavy atom. The van der Waals surface area contributed by atoms with Crippen LogP contribution in [0.3, 0.4) is 0 Å². The third-order valence-corrected chi connectivity index (χ3v) is 13.3. The van der Waals surface area contributed by atoms with E-state index in [0.29, 0.717) is 94.8 Å². The third-order valence-electron chi connectivity index (χ3n) is 13.3. The van der Waals surface area contributed by atoms with Crippen molar-refractivity contribution in [1.29, 1.82) is 0 Å². The first-order chi connectivity index (χ1) is 40.0. The zero-order valence-corrected chi connectivity index (χ0v) is 43.8. The van der Waals surface area contributed by atoms with Gasteiger partial charge in [0.1, 0.15) is 0 Å². The molecule has 2 aliphatic heterocycles. The molecule has 0 spiro atoms. The van der Waals surface area contributed by atoms with Crippen LogP contribution in [0.1, 0.15) is 42.6 Å². The van der Waals surface area contributed by atoms with Crippen molar-refractivity contribution >= 4 is 78.4 Å². The fourth-order valence-electron chi connectivity index (χ4n) is 9.29. The summed E-state index contributed by atoms with van der Waals surface area (Å²) in [5, 5.41) is 44.3. The number of hydrogen-bond donors (Lipinski definition) is 6. The normalized spacial score (nSPS) is 13.0. The molecule has 22 heteroatoms. The number of nitrogens with zero attached hydrogens (tertiary/aromatic N) is 7. The minimum atomic E-state index is -1.00. The van der Waals surface area contributed by atoms with Gasteiger partial charge >= 0.3 is 5.97 Å². The molecule has 10 aromatic rings. The van der Waals surface area contributed by atoms with Crippen molar-refractivity contribution in [3.63, 3.8) is 0 Å². The fourth-order valence-corrected chi connectivity index (χ4v) is 9.29. The van der Waals surface area contributed by atoms with Crippen LogP contribution in [-0.4, -0.2) is 133 Å². The number of rotatable bonds is 12. The van der Waals surface area contributed by atoms with Gasteiger partial charge in [-0.2, -0.15) is 20.4 Å². The highest BCUT2D eigenvalue weighted by molar-refractivity contribution is 6.12. The Morgan fingerprint density at radius 3 is 1.37 bits per heavy atom. The topological polar surface area (TPSA) is 273 Å². The molecule has 6 aromatic carbocycles. The number of H-pyrrole nitrogens is 2. The lowest BCUT2D eigenvalue weighted by Crippen LogP contribution is -2.41. The number of para-hydroxylation sites is 2. The van der Waals surface area contributed by atoms with Crippen molar-refractivity contribution in [2.45, 2.75) is 33.4 Å². The summed E-state index contributed by atoms with van der Waals surface area (Å²) in [6.45, 7) is 6.68. The Kier molecular flexibility index (Phi) is 19.4. The highest BCUT2D eigenvalue weighted by Crippen LogP contribution is 2.28. The number of benzene rings is 6. The van der Waals surface area contributed by atoms with Crippen LogP contribution in [0, 0.1) is 0 Å². The van der Waals surface area contributed by atoms with E-state index in [0.717, 1.165) is 53.7 Å². The first-order valence-corrected chi connectivity index (χ1v) is 25.9.